The number of esters is 1. The predicted molar refractivity (Wildman–Crippen MR) is 144 cm³/mol. The maximum Gasteiger partial charge on any atom is 0.302 e. The summed E-state index contributed by atoms with van der Waals surface area (Å²) in [6.45, 7) is 16.5. The van der Waals surface area contributed by atoms with Gasteiger partial charge in [0.25, 0.3) is 0 Å². The fourth-order valence-corrected chi connectivity index (χ4v) is 2.63. The predicted octanol–water partition coefficient (Wildman–Crippen LogP) is 1.76. The minimum atomic E-state index is -0.309. The zero-order chi connectivity index (χ0) is 28.5. The highest BCUT2D eigenvalue weighted by atomic mass is 16.6. The molecule has 1 unspecified atom stereocenters. The number of hydrogen-bond acceptors (Lipinski definition) is 12. The molecule has 0 aromatic rings. The Morgan fingerprint density at radius 1 is 0.436 bits per heavy atom. The van der Waals surface area contributed by atoms with E-state index in [1.54, 1.807) is 0 Å². The van der Waals surface area contributed by atoms with E-state index in [4.69, 9.17) is 52.1 Å². The van der Waals surface area contributed by atoms with Crippen LogP contribution >= 0.6 is 0 Å². The first-order valence-corrected chi connectivity index (χ1v) is 14.1. The summed E-state index contributed by atoms with van der Waals surface area (Å²) in [6.07, 6.45) is 1.13. The Morgan fingerprint density at radius 3 is 0.897 bits per heavy atom. The summed E-state index contributed by atoms with van der Waals surface area (Å²) < 4.78 is 59.0. The third-order valence-electron chi connectivity index (χ3n) is 4.98. The highest BCUT2D eigenvalue weighted by molar-refractivity contribution is 5.65. The molecule has 0 amide bonds. The Kier molecular flexibility index (Phi) is 32.5. The van der Waals surface area contributed by atoms with Crippen molar-refractivity contribution in [3.63, 3.8) is 0 Å². The summed E-state index contributed by atoms with van der Waals surface area (Å²) in [4.78, 5) is 10.6. The maximum atomic E-state index is 10.6. The molecule has 39 heavy (non-hydrogen) atoms. The lowest BCUT2D eigenvalue weighted by molar-refractivity contribution is -0.142. The molecule has 0 rings (SSSR count). The molecule has 0 aromatic heterocycles. The summed E-state index contributed by atoms with van der Waals surface area (Å²) in [5.74, 6) is 0.288. The number of carbonyl (C=O) groups excluding carboxylic acids is 1. The van der Waals surface area contributed by atoms with Gasteiger partial charge in [-0.3, -0.25) is 4.79 Å². The quantitative estimate of drug-likeness (QED) is 0.0845. The molecule has 0 aliphatic carbocycles. The van der Waals surface area contributed by atoms with Gasteiger partial charge in [0.2, 0.25) is 0 Å². The van der Waals surface area contributed by atoms with Gasteiger partial charge in [0, 0.05) is 13.5 Å². The van der Waals surface area contributed by atoms with E-state index in [9.17, 15) is 4.79 Å². The van der Waals surface area contributed by atoms with Crippen LogP contribution in [0, 0.1) is 5.92 Å². The van der Waals surface area contributed by atoms with E-state index < -0.39 is 0 Å². The average molecular weight is 571 g/mol. The second-order valence-corrected chi connectivity index (χ2v) is 8.44. The van der Waals surface area contributed by atoms with Crippen LogP contribution in [-0.4, -0.2) is 145 Å². The third kappa shape index (κ3) is 35.0. The standard InChI is InChI=1S/C27H54O12/c1-4-26(2)25-38-22-21-36-18-17-34-14-13-32-10-9-30-6-5-29-7-8-31-11-12-33-15-16-35-19-20-37-23-24-39-27(3)28/h26H,4-25H2,1-3H3. The van der Waals surface area contributed by atoms with Crippen LogP contribution < -0.4 is 0 Å². The van der Waals surface area contributed by atoms with E-state index in [2.05, 4.69) is 13.8 Å². The normalized spacial score (nSPS) is 12.2. The van der Waals surface area contributed by atoms with E-state index in [-0.39, 0.29) is 12.6 Å². The monoisotopic (exact) mass is 570 g/mol. The van der Waals surface area contributed by atoms with Crippen LogP contribution in [0.15, 0.2) is 0 Å². The van der Waals surface area contributed by atoms with Crippen LogP contribution in [0.1, 0.15) is 27.2 Å². The first-order chi connectivity index (χ1) is 19.2. The number of rotatable bonds is 33. The van der Waals surface area contributed by atoms with Gasteiger partial charge in [0.1, 0.15) is 6.61 Å². The van der Waals surface area contributed by atoms with Crippen molar-refractivity contribution in [1.82, 2.24) is 0 Å². The summed E-state index contributed by atoms with van der Waals surface area (Å²) in [7, 11) is 0. The van der Waals surface area contributed by atoms with E-state index >= 15 is 0 Å². The molecular formula is C27H54O12. The minimum Gasteiger partial charge on any atom is -0.463 e. The maximum absolute atomic E-state index is 10.6. The van der Waals surface area contributed by atoms with Crippen molar-refractivity contribution < 1.29 is 56.9 Å². The summed E-state index contributed by atoms with van der Waals surface area (Å²) in [5.41, 5.74) is 0. The van der Waals surface area contributed by atoms with Gasteiger partial charge in [-0.15, -0.1) is 0 Å². The van der Waals surface area contributed by atoms with Crippen LogP contribution in [0.2, 0.25) is 0 Å². The molecule has 12 nitrogen and oxygen atoms in total. The summed E-state index contributed by atoms with van der Waals surface area (Å²) >= 11 is 0. The zero-order valence-electron chi connectivity index (χ0n) is 24.5. The van der Waals surface area contributed by atoms with Gasteiger partial charge in [-0.25, -0.2) is 0 Å². The molecule has 0 heterocycles. The van der Waals surface area contributed by atoms with Crippen LogP contribution in [0.3, 0.4) is 0 Å². The van der Waals surface area contributed by atoms with Crippen LogP contribution in [0.25, 0.3) is 0 Å². The van der Waals surface area contributed by atoms with Crippen molar-refractivity contribution in [2.45, 2.75) is 27.2 Å². The van der Waals surface area contributed by atoms with Crippen LogP contribution in [-0.2, 0) is 56.9 Å². The van der Waals surface area contributed by atoms with Crippen molar-refractivity contribution in [2.75, 3.05) is 139 Å². The van der Waals surface area contributed by atoms with Crippen molar-refractivity contribution in [3.8, 4) is 0 Å². The second-order valence-electron chi connectivity index (χ2n) is 8.44. The number of ether oxygens (including phenoxy) is 11. The first-order valence-electron chi connectivity index (χ1n) is 14.1. The molecular weight excluding hydrogens is 516 g/mol. The van der Waals surface area contributed by atoms with Gasteiger partial charge in [0.05, 0.1) is 126 Å². The zero-order valence-corrected chi connectivity index (χ0v) is 24.5. The van der Waals surface area contributed by atoms with Gasteiger partial charge in [-0.1, -0.05) is 20.3 Å². The Hall–Kier alpha value is -0.930. The van der Waals surface area contributed by atoms with Crippen LogP contribution in [0.4, 0.5) is 0 Å². The summed E-state index contributed by atoms with van der Waals surface area (Å²) in [6, 6.07) is 0. The van der Waals surface area contributed by atoms with E-state index in [0.29, 0.717) is 131 Å². The molecule has 0 fully saturated rings. The van der Waals surface area contributed by atoms with Gasteiger partial charge < -0.3 is 52.1 Å². The molecule has 0 saturated heterocycles. The van der Waals surface area contributed by atoms with Gasteiger partial charge >= 0.3 is 5.97 Å². The molecule has 0 saturated carbocycles. The Bertz CT molecular complexity index is 484. The molecule has 0 aromatic carbocycles. The fourth-order valence-electron chi connectivity index (χ4n) is 2.63. The molecule has 0 aliphatic rings. The lowest BCUT2D eigenvalue weighted by Gasteiger charge is -2.10. The minimum absolute atomic E-state index is 0.261. The SMILES string of the molecule is CCC(C)COCCOCCOCCOCCOCCOCCOCCOCCOCCOCCOC(C)=O. The van der Waals surface area contributed by atoms with E-state index in [0.717, 1.165) is 13.0 Å². The Labute approximate surface area is 235 Å². The highest BCUT2D eigenvalue weighted by Gasteiger charge is 1.99. The van der Waals surface area contributed by atoms with Crippen LogP contribution in [0.5, 0.6) is 0 Å². The topological polar surface area (TPSA) is 119 Å². The lowest BCUT2D eigenvalue weighted by Crippen LogP contribution is -2.15. The van der Waals surface area contributed by atoms with E-state index in [1.807, 2.05) is 0 Å². The molecule has 0 bridgehead atoms. The summed E-state index contributed by atoms with van der Waals surface area (Å²) in [5, 5.41) is 0. The molecule has 234 valence electrons. The first kappa shape index (κ1) is 38.1. The fraction of sp³-hybridized carbons (Fsp3) is 0.963. The Morgan fingerprint density at radius 2 is 0.667 bits per heavy atom. The van der Waals surface area contributed by atoms with E-state index in [1.165, 1.54) is 6.92 Å². The number of carbonyl (C=O) groups is 1. The smallest absolute Gasteiger partial charge is 0.302 e. The van der Waals surface area contributed by atoms with Gasteiger partial charge in [0.15, 0.2) is 0 Å². The highest BCUT2D eigenvalue weighted by Crippen LogP contribution is 2.00. The largest absolute Gasteiger partial charge is 0.463 e. The molecule has 1 atom stereocenters. The molecule has 12 heteroatoms. The lowest BCUT2D eigenvalue weighted by atomic mass is 10.1. The molecule has 0 N–H and O–H groups in total. The van der Waals surface area contributed by atoms with Gasteiger partial charge in [-0.2, -0.15) is 0 Å². The second kappa shape index (κ2) is 33.3. The average Bonchev–Trinajstić information content (AvgIpc) is 2.93. The van der Waals surface area contributed by atoms with Crippen molar-refractivity contribution in [3.05, 3.63) is 0 Å². The molecule has 0 radical (unpaired) electrons. The van der Waals surface area contributed by atoms with Gasteiger partial charge in [-0.05, 0) is 5.92 Å². The third-order valence-corrected chi connectivity index (χ3v) is 4.98. The number of hydrogen-bond donors (Lipinski definition) is 0. The van der Waals surface area contributed by atoms with Crippen molar-refractivity contribution in [1.29, 1.82) is 0 Å². The van der Waals surface area contributed by atoms with Crippen molar-refractivity contribution in [2.24, 2.45) is 5.92 Å². The Balaban J connectivity index is 3.04. The molecule has 0 aliphatic heterocycles. The van der Waals surface area contributed by atoms with Crippen molar-refractivity contribution >= 4 is 5.97 Å². The molecule has 0 spiro atoms.